The van der Waals surface area contributed by atoms with Crippen molar-refractivity contribution in [3.05, 3.63) is 31.2 Å². The summed E-state index contributed by atoms with van der Waals surface area (Å²) in [6.07, 6.45) is 0. The second-order valence-electron chi connectivity index (χ2n) is 2.65. The lowest BCUT2D eigenvalue weighted by Crippen LogP contribution is -1.85. The Balaban J connectivity index is 2.83. The fourth-order valence-corrected chi connectivity index (χ4v) is 3.14. The Labute approximate surface area is 103 Å². The Bertz CT molecular complexity index is 523. The topological polar surface area (TPSA) is 43.1 Å². The van der Waals surface area contributed by atoms with Crippen molar-refractivity contribution in [2.75, 3.05) is 0 Å². The fourth-order valence-electron chi connectivity index (χ4n) is 1.19. The molecule has 0 bridgehead atoms. The fraction of sp³-hybridized carbons (Fsp3) is 0. The number of hydrogen-bond acceptors (Lipinski definition) is 4. The van der Waals surface area contributed by atoms with Gasteiger partial charge in [-0.2, -0.15) is 0 Å². The Morgan fingerprint density at radius 2 is 2.21 bits per heavy atom. The van der Waals surface area contributed by atoms with E-state index in [0.29, 0.717) is 5.39 Å². The summed E-state index contributed by atoms with van der Waals surface area (Å²) in [6.45, 7) is 0. The van der Waals surface area contributed by atoms with Crippen LogP contribution in [0, 0.1) is 13.7 Å². The van der Waals surface area contributed by atoms with Gasteiger partial charge in [-0.1, -0.05) is 0 Å². The zero-order chi connectivity index (χ0) is 10.3. The monoisotopic (exact) mass is 337 g/mol. The van der Waals surface area contributed by atoms with Gasteiger partial charge >= 0.3 is 0 Å². The number of fused-ring (bicyclic) bond motifs is 1. The number of nitrogens with zero attached hydrogens (tertiary/aromatic N) is 1. The lowest BCUT2D eigenvalue weighted by atomic mass is 10.2. The van der Waals surface area contributed by atoms with E-state index in [1.165, 1.54) is 11.3 Å². The van der Waals surface area contributed by atoms with Crippen LogP contribution in [-0.4, -0.2) is 4.92 Å². The van der Waals surface area contributed by atoms with Crippen molar-refractivity contribution < 1.29 is 4.92 Å². The maximum absolute atomic E-state index is 10.7. The van der Waals surface area contributed by atoms with Gasteiger partial charge in [0.15, 0.2) is 0 Å². The van der Waals surface area contributed by atoms with E-state index in [2.05, 4.69) is 35.2 Å². The molecule has 2 aromatic rings. The molecule has 0 N–H and O–H groups in total. The lowest BCUT2D eigenvalue weighted by molar-refractivity contribution is -0.382. The van der Waals surface area contributed by atoms with Gasteiger partial charge < -0.3 is 0 Å². The summed E-state index contributed by atoms with van der Waals surface area (Å²) >= 11 is 7.85. The molecular formula is C8H4INO2S2. The van der Waals surface area contributed by atoms with E-state index in [4.69, 9.17) is 0 Å². The molecule has 0 aliphatic rings. The van der Waals surface area contributed by atoms with Gasteiger partial charge in [-0.25, -0.2) is 0 Å². The number of halogens is 1. The molecule has 0 saturated carbocycles. The van der Waals surface area contributed by atoms with E-state index in [-0.39, 0.29) is 10.6 Å². The molecule has 0 aliphatic heterocycles. The van der Waals surface area contributed by atoms with Crippen LogP contribution in [-0.2, 0) is 0 Å². The Morgan fingerprint density at radius 3 is 2.86 bits per heavy atom. The number of hydrogen-bond donors (Lipinski definition) is 1. The minimum absolute atomic E-state index is 0.164. The first-order valence-electron chi connectivity index (χ1n) is 3.64. The molecule has 0 atom stereocenters. The molecule has 0 aliphatic carbocycles. The van der Waals surface area contributed by atoms with Gasteiger partial charge in [0.1, 0.15) is 0 Å². The molecule has 14 heavy (non-hydrogen) atoms. The summed E-state index contributed by atoms with van der Waals surface area (Å²) in [5.41, 5.74) is 0.164. The molecule has 2 rings (SSSR count). The second kappa shape index (κ2) is 3.67. The Morgan fingerprint density at radius 1 is 1.50 bits per heavy atom. The normalized spacial score (nSPS) is 10.7. The van der Waals surface area contributed by atoms with Gasteiger partial charge in [0.25, 0.3) is 5.69 Å². The maximum atomic E-state index is 10.7. The van der Waals surface area contributed by atoms with Crippen LogP contribution in [0.4, 0.5) is 5.69 Å². The Kier molecular flexibility index (Phi) is 2.67. The van der Waals surface area contributed by atoms with Crippen molar-refractivity contribution in [2.24, 2.45) is 0 Å². The zero-order valence-corrected chi connectivity index (χ0v) is 10.6. The first kappa shape index (κ1) is 10.2. The summed E-state index contributed by atoms with van der Waals surface area (Å²) in [5.74, 6) is 0. The highest BCUT2D eigenvalue weighted by Gasteiger charge is 2.16. The number of thiophene rings is 1. The van der Waals surface area contributed by atoms with Crippen LogP contribution in [0.5, 0.6) is 0 Å². The maximum Gasteiger partial charge on any atom is 0.287 e. The van der Waals surface area contributed by atoms with Crippen LogP contribution in [0.15, 0.2) is 22.4 Å². The van der Waals surface area contributed by atoms with Crippen molar-refractivity contribution in [3.8, 4) is 0 Å². The van der Waals surface area contributed by atoms with Gasteiger partial charge in [0, 0.05) is 8.47 Å². The number of nitro groups is 1. The van der Waals surface area contributed by atoms with Crippen molar-refractivity contribution >= 4 is 62.3 Å². The van der Waals surface area contributed by atoms with Crippen molar-refractivity contribution in [1.82, 2.24) is 0 Å². The highest BCUT2D eigenvalue weighted by atomic mass is 127. The summed E-state index contributed by atoms with van der Waals surface area (Å²) in [5, 5.41) is 12.9. The van der Waals surface area contributed by atoms with E-state index < -0.39 is 0 Å². The van der Waals surface area contributed by atoms with Crippen molar-refractivity contribution in [3.63, 3.8) is 0 Å². The number of rotatable bonds is 1. The molecule has 0 amide bonds. The van der Waals surface area contributed by atoms with E-state index in [1.807, 2.05) is 6.07 Å². The minimum Gasteiger partial charge on any atom is -0.258 e. The zero-order valence-electron chi connectivity index (χ0n) is 6.73. The molecule has 0 fully saturated rings. The van der Waals surface area contributed by atoms with Crippen LogP contribution in [0.1, 0.15) is 0 Å². The van der Waals surface area contributed by atoms with Crippen LogP contribution in [0.2, 0.25) is 0 Å². The molecular weight excluding hydrogens is 333 g/mol. The van der Waals surface area contributed by atoms with Gasteiger partial charge in [0.2, 0.25) is 0 Å². The van der Waals surface area contributed by atoms with Crippen LogP contribution < -0.4 is 0 Å². The van der Waals surface area contributed by atoms with E-state index in [0.717, 1.165) is 13.2 Å². The van der Waals surface area contributed by atoms with Crippen LogP contribution >= 0.6 is 46.6 Å². The molecule has 1 heterocycles. The Hall–Kier alpha value is -0.340. The molecule has 0 radical (unpaired) electrons. The molecule has 0 saturated heterocycles. The second-order valence-corrected chi connectivity index (χ2v) is 5.14. The van der Waals surface area contributed by atoms with Gasteiger partial charge in [-0.15, -0.1) is 24.0 Å². The summed E-state index contributed by atoms with van der Waals surface area (Å²) < 4.78 is 1.89. The first-order chi connectivity index (χ1) is 6.61. The van der Waals surface area contributed by atoms with Crippen LogP contribution in [0.3, 0.4) is 0 Å². The highest BCUT2D eigenvalue weighted by Crippen LogP contribution is 2.37. The van der Waals surface area contributed by atoms with E-state index in [1.54, 1.807) is 11.4 Å². The third-order valence-electron chi connectivity index (χ3n) is 1.84. The predicted molar refractivity (Wildman–Crippen MR) is 68.4 cm³/mol. The van der Waals surface area contributed by atoms with Crippen molar-refractivity contribution in [2.45, 2.75) is 4.90 Å². The number of benzene rings is 1. The minimum atomic E-state index is -0.362. The average molecular weight is 337 g/mol. The molecule has 1 aromatic heterocycles. The summed E-state index contributed by atoms with van der Waals surface area (Å²) in [6, 6.07) is 3.61. The van der Waals surface area contributed by atoms with Crippen molar-refractivity contribution in [1.29, 1.82) is 0 Å². The third kappa shape index (κ3) is 1.51. The molecule has 3 nitrogen and oxygen atoms in total. The van der Waals surface area contributed by atoms with Crippen LogP contribution in [0.25, 0.3) is 10.1 Å². The summed E-state index contributed by atoms with van der Waals surface area (Å²) in [4.78, 5) is 11.1. The molecule has 1 aromatic carbocycles. The predicted octanol–water partition coefficient (Wildman–Crippen LogP) is 3.70. The lowest BCUT2D eigenvalue weighted by Gasteiger charge is -1.97. The molecule has 0 unspecified atom stereocenters. The van der Waals surface area contributed by atoms with Gasteiger partial charge in [-0.05, 0) is 34.7 Å². The van der Waals surface area contributed by atoms with E-state index in [9.17, 15) is 10.1 Å². The quantitative estimate of drug-likeness (QED) is 0.373. The molecule has 0 spiro atoms. The first-order valence-corrected chi connectivity index (χ1v) is 6.05. The van der Waals surface area contributed by atoms with Gasteiger partial charge in [-0.3, -0.25) is 10.1 Å². The van der Waals surface area contributed by atoms with Gasteiger partial charge in [0.05, 0.1) is 20.4 Å². The smallest absolute Gasteiger partial charge is 0.258 e. The average Bonchev–Trinajstić information content (AvgIpc) is 2.55. The van der Waals surface area contributed by atoms with E-state index >= 15 is 0 Å². The standard InChI is InChI=1S/C8H4INO2S2/c9-5-2-1-4-6(10(11)12)3-14-8(4)7(5)13/h1-3,13H. The SMILES string of the molecule is O=[N+]([O-])c1csc2c(S)c(I)ccc12. The number of thiol groups is 1. The highest BCUT2D eigenvalue weighted by molar-refractivity contribution is 14.1. The third-order valence-corrected chi connectivity index (χ3v) is 4.79. The molecule has 72 valence electrons. The summed E-state index contributed by atoms with van der Waals surface area (Å²) in [7, 11) is 0. The largest absolute Gasteiger partial charge is 0.287 e. The molecule has 6 heteroatoms.